The zero-order valence-electron chi connectivity index (χ0n) is 15.1. The quantitative estimate of drug-likeness (QED) is 0.938. The molecule has 1 saturated heterocycles. The first kappa shape index (κ1) is 16.7. The minimum Gasteiger partial charge on any atom is -0.328 e. The molecule has 2 aromatic rings. The van der Waals surface area contributed by atoms with Crippen molar-refractivity contribution in [3.8, 4) is 0 Å². The first-order valence-electron chi connectivity index (χ1n) is 8.63. The number of hydrogen-bond acceptors (Lipinski definition) is 4. The van der Waals surface area contributed by atoms with Crippen LogP contribution in [0.5, 0.6) is 0 Å². The number of aryl methyl sites for hydroxylation is 2. The Labute approximate surface area is 142 Å². The van der Waals surface area contributed by atoms with Crippen molar-refractivity contribution in [2.75, 3.05) is 6.54 Å². The number of piperidine rings is 1. The van der Waals surface area contributed by atoms with E-state index in [0.717, 1.165) is 48.8 Å². The maximum Gasteiger partial charge on any atom is 0.258 e. The van der Waals surface area contributed by atoms with E-state index >= 15 is 0 Å². The van der Waals surface area contributed by atoms with E-state index < -0.39 is 0 Å². The fraction of sp³-hybridized carbons (Fsp3) is 0.647. The van der Waals surface area contributed by atoms with Gasteiger partial charge in [-0.3, -0.25) is 14.6 Å². The molecular formula is C17H26N6O. The lowest BCUT2D eigenvalue weighted by Gasteiger charge is -2.34. The fourth-order valence-corrected chi connectivity index (χ4v) is 3.38. The van der Waals surface area contributed by atoms with Gasteiger partial charge >= 0.3 is 0 Å². The van der Waals surface area contributed by atoms with Crippen molar-refractivity contribution in [3.63, 3.8) is 0 Å². The molecule has 0 saturated carbocycles. The Morgan fingerprint density at radius 2 is 2.04 bits per heavy atom. The Hall–Kier alpha value is -2.18. The van der Waals surface area contributed by atoms with Crippen molar-refractivity contribution < 1.29 is 4.79 Å². The Balaban J connectivity index is 1.93. The van der Waals surface area contributed by atoms with Crippen molar-refractivity contribution in [2.45, 2.75) is 58.9 Å². The third-order valence-corrected chi connectivity index (χ3v) is 4.84. The molecule has 0 unspecified atom stereocenters. The molecule has 1 aliphatic rings. The third kappa shape index (κ3) is 2.83. The lowest BCUT2D eigenvalue weighted by atomic mass is 9.99. The average molecular weight is 330 g/mol. The van der Waals surface area contributed by atoms with Gasteiger partial charge in [0.1, 0.15) is 5.82 Å². The van der Waals surface area contributed by atoms with Gasteiger partial charge < -0.3 is 4.90 Å². The summed E-state index contributed by atoms with van der Waals surface area (Å²) < 4.78 is 1.77. The highest BCUT2D eigenvalue weighted by atomic mass is 16.2. The zero-order chi connectivity index (χ0) is 17.4. The summed E-state index contributed by atoms with van der Waals surface area (Å²) in [6.45, 7) is 8.72. The number of nitrogens with zero attached hydrogens (tertiary/aromatic N) is 5. The molecule has 2 aromatic heterocycles. The largest absolute Gasteiger partial charge is 0.328 e. The Bertz CT molecular complexity index is 744. The molecule has 7 nitrogen and oxygen atoms in total. The third-order valence-electron chi connectivity index (χ3n) is 4.84. The normalized spacial score (nSPS) is 18.4. The number of amides is 1. The first-order chi connectivity index (χ1) is 11.4. The molecule has 0 aromatic carbocycles. The van der Waals surface area contributed by atoms with Crippen LogP contribution in [0.1, 0.15) is 78.5 Å². The molecule has 24 heavy (non-hydrogen) atoms. The summed E-state index contributed by atoms with van der Waals surface area (Å²) >= 11 is 0. The molecule has 0 bridgehead atoms. The second-order valence-electron chi connectivity index (χ2n) is 6.91. The van der Waals surface area contributed by atoms with Crippen molar-refractivity contribution in [1.29, 1.82) is 0 Å². The number of aromatic amines is 1. The summed E-state index contributed by atoms with van der Waals surface area (Å²) in [7, 11) is 1.87. The van der Waals surface area contributed by atoms with Crippen LogP contribution in [0, 0.1) is 13.8 Å². The molecule has 1 fully saturated rings. The predicted molar refractivity (Wildman–Crippen MR) is 90.8 cm³/mol. The number of rotatable bonds is 3. The summed E-state index contributed by atoms with van der Waals surface area (Å²) in [5, 5.41) is 11.7. The highest BCUT2D eigenvalue weighted by molar-refractivity contribution is 5.96. The van der Waals surface area contributed by atoms with Crippen LogP contribution >= 0.6 is 0 Å². The molecule has 1 N–H and O–H groups in total. The van der Waals surface area contributed by atoms with Gasteiger partial charge in [-0.15, -0.1) is 0 Å². The van der Waals surface area contributed by atoms with Crippen LogP contribution in [-0.4, -0.2) is 42.3 Å². The number of hydrogen-bond donors (Lipinski definition) is 1. The van der Waals surface area contributed by atoms with Crippen LogP contribution < -0.4 is 0 Å². The average Bonchev–Trinajstić information content (AvgIpc) is 3.13. The number of carbonyl (C=O) groups is 1. The van der Waals surface area contributed by atoms with Crippen molar-refractivity contribution >= 4 is 5.91 Å². The van der Waals surface area contributed by atoms with E-state index in [1.807, 2.05) is 25.8 Å². The van der Waals surface area contributed by atoms with Crippen LogP contribution in [0.3, 0.4) is 0 Å². The van der Waals surface area contributed by atoms with Crippen LogP contribution in [0.25, 0.3) is 0 Å². The highest BCUT2D eigenvalue weighted by Gasteiger charge is 2.33. The van der Waals surface area contributed by atoms with Crippen LogP contribution in [-0.2, 0) is 7.05 Å². The summed E-state index contributed by atoms with van der Waals surface area (Å²) in [4.78, 5) is 19.8. The van der Waals surface area contributed by atoms with Crippen molar-refractivity contribution in [2.24, 2.45) is 7.05 Å². The topological polar surface area (TPSA) is 79.7 Å². The molecular weight excluding hydrogens is 304 g/mol. The number of nitrogens with one attached hydrogen (secondary N) is 1. The van der Waals surface area contributed by atoms with E-state index in [0.29, 0.717) is 5.56 Å². The summed E-state index contributed by atoms with van der Waals surface area (Å²) in [6.07, 6.45) is 3.03. The smallest absolute Gasteiger partial charge is 0.258 e. The SMILES string of the molecule is Cc1nn(C)c(C)c1C(=O)N1CCCC[C@H]1c1nc(C(C)C)n[nH]1. The van der Waals surface area contributed by atoms with Gasteiger partial charge in [-0.25, -0.2) is 4.98 Å². The molecule has 0 spiro atoms. The molecule has 1 amide bonds. The van der Waals surface area contributed by atoms with Gasteiger partial charge in [-0.1, -0.05) is 13.8 Å². The van der Waals surface area contributed by atoms with E-state index in [1.165, 1.54) is 0 Å². The number of H-pyrrole nitrogens is 1. The van der Waals surface area contributed by atoms with Gasteiger partial charge in [0, 0.05) is 25.2 Å². The molecule has 3 heterocycles. The van der Waals surface area contributed by atoms with Gasteiger partial charge in [0.15, 0.2) is 5.82 Å². The highest BCUT2D eigenvalue weighted by Crippen LogP contribution is 2.31. The minimum absolute atomic E-state index is 0.0368. The van der Waals surface area contributed by atoms with Crippen LogP contribution in [0.15, 0.2) is 0 Å². The zero-order valence-corrected chi connectivity index (χ0v) is 15.1. The standard InChI is InChI=1S/C17H26N6O/c1-10(2)15-18-16(20-19-15)13-8-6-7-9-23(13)17(24)14-11(3)21-22(5)12(14)4/h10,13H,6-9H2,1-5H3,(H,18,19,20)/t13-/m0/s1. The van der Waals surface area contributed by atoms with E-state index in [9.17, 15) is 4.79 Å². The molecule has 1 atom stereocenters. The van der Waals surface area contributed by atoms with E-state index in [1.54, 1.807) is 4.68 Å². The molecule has 1 aliphatic heterocycles. The number of aromatic nitrogens is 5. The summed E-state index contributed by atoms with van der Waals surface area (Å²) in [5.41, 5.74) is 2.40. The van der Waals surface area contributed by atoms with Gasteiger partial charge in [-0.05, 0) is 33.1 Å². The summed E-state index contributed by atoms with van der Waals surface area (Å²) in [5.74, 6) is 1.92. The lowest BCUT2D eigenvalue weighted by molar-refractivity contribution is 0.0598. The molecule has 7 heteroatoms. The molecule has 3 rings (SSSR count). The van der Waals surface area contributed by atoms with Gasteiger partial charge in [0.2, 0.25) is 0 Å². The van der Waals surface area contributed by atoms with Gasteiger partial charge in [0.25, 0.3) is 5.91 Å². The number of likely N-dealkylation sites (tertiary alicyclic amines) is 1. The van der Waals surface area contributed by atoms with Crippen molar-refractivity contribution in [3.05, 3.63) is 28.6 Å². The lowest BCUT2D eigenvalue weighted by Crippen LogP contribution is -2.39. The van der Waals surface area contributed by atoms with Crippen molar-refractivity contribution in [1.82, 2.24) is 29.9 Å². The monoisotopic (exact) mass is 330 g/mol. The molecule has 0 aliphatic carbocycles. The Kier molecular flexibility index (Phi) is 4.43. The van der Waals surface area contributed by atoms with Crippen LogP contribution in [0.2, 0.25) is 0 Å². The summed E-state index contributed by atoms with van der Waals surface area (Å²) in [6, 6.07) is -0.0368. The molecule has 0 radical (unpaired) electrons. The predicted octanol–water partition coefficient (Wildman–Crippen LogP) is 2.65. The maximum absolute atomic E-state index is 13.2. The second kappa shape index (κ2) is 6.37. The number of carbonyl (C=O) groups excluding carboxylic acids is 1. The Morgan fingerprint density at radius 1 is 1.29 bits per heavy atom. The second-order valence-corrected chi connectivity index (χ2v) is 6.91. The Morgan fingerprint density at radius 3 is 2.62 bits per heavy atom. The van der Waals surface area contributed by atoms with Crippen LogP contribution in [0.4, 0.5) is 0 Å². The van der Waals surface area contributed by atoms with Gasteiger partial charge in [0.05, 0.1) is 17.3 Å². The minimum atomic E-state index is -0.0368. The van der Waals surface area contributed by atoms with Gasteiger partial charge in [-0.2, -0.15) is 10.2 Å². The first-order valence-corrected chi connectivity index (χ1v) is 8.63. The fourth-order valence-electron chi connectivity index (χ4n) is 3.38. The van der Waals surface area contributed by atoms with E-state index in [4.69, 9.17) is 0 Å². The van der Waals surface area contributed by atoms with E-state index in [2.05, 4.69) is 34.1 Å². The van der Waals surface area contributed by atoms with E-state index in [-0.39, 0.29) is 17.9 Å². The molecule has 130 valence electrons. The maximum atomic E-state index is 13.2.